The van der Waals surface area contributed by atoms with E-state index in [1.165, 1.54) is 23.2 Å². The third-order valence-electron chi connectivity index (χ3n) is 3.52. The molecule has 1 N–H and O–H groups in total. The maximum atomic E-state index is 13.4. The van der Waals surface area contributed by atoms with Crippen molar-refractivity contribution in [2.75, 3.05) is 0 Å². The molecule has 1 aromatic rings. The van der Waals surface area contributed by atoms with Crippen LogP contribution in [0.3, 0.4) is 0 Å². The van der Waals surface area contributed by atoms with Crippen molar-refractivity contribution in [3.05, 3.63) is 35.6 Å². The molecule has 0 aliphatic heterocycles. The summed E-state index contributed by atoms with van der Waals surface area (Å²) in [7, 11) is 0. The maximum absolute atomic E-state index is 13.4. The molecule has 0 atom stereocenters. The van der Waals surface area contributed by atoms with Crippen LogP contribution in [0.15, 0.2) is 24.3 Å². The summed E-state index contributed by atoms with van der Waals surface area (Å²) in [6.45, 7) is 7.48. The van der Waals surface area contributed by atoms with Crippen molar-refractivity contribution in [3.8, 4) is 11.8 Å². The number of nitrogens with zero attached hydrogens (tertiary/aromatic N) is 1. The minimum atomic E-state index is -0.679. The molecule has 0 spiro atoms. The Balaban J connectivity index is 2.76. The zero-order chi connectivity index (χ0) is 18.9. The topological polar surface area (TPSA) is 49.4 Å². The van der Waals surface area contributed by atoms with Crippen molar-refractivity contribution in [1.82, 2.24) is 10.4 Å². The smallest absolute Gasteiger partial charge is 0.267 e. The molecule has 0 saturated heterocycles. The van der Waals surface area contributed by atoms with Crippen molar-refractivity contribution in [3.63, 3.8) is 0 Å². The molecule has 5 heteroatoms. The zero-order valence-electron chi connectivity index (χ0n) is 15.5. The summed E-state index contributed by atoms with van der Waals surface area (Å²) in [5.74, 6) is 3.81. The van der Waals surface area contributed by atoms with Gasteiger partial charge in [0.05, 0.1) is 5.54 Å². The number of hydrazine groups is 1. The summed E-state index contributed by atoms with van der Waals surface area (Å²) in [5, 5.41) is 1.19. The Morgan fingerprint density at radius 1 is 1.20 bits per heavy atom. The number of halogens is 1. The summed E-state index contributed by atoms with van der Waals surface area (Å²) < 4.78 is 13.4. The second-order valence-electron chi connectivity index (χ2n) is 6.88. The van der Waals surface area contributed by atoms with Crippen LogP contribution in [0.25, 0.3) is 0 Å². The second-order valence-corrected chi connectivity index (χ2v) is 6.88. The molecular formula is C20H27FN2O2. The summed E-state index contributed by atoms with van der Waals surface area (Å²) in [6.07, 6.45) is 5.02. The quantitative estimate of drug-likeness (QED) is 0.496. The number of hydrogen-bond acceptors (Lipinski definition) is 2. The molecular weight excluding hydrogens is 319 g/mol. The molecule has 1 rings (SSSR count). The van der Waals surface area contributed by atoms with Crippen molar-refractivity contribution < 1.29 is 14.0 Å². The Bertz CT molecular complexity index is 654. The van der Waals surface area contributed by atoms with E-state index in [4.69, 9.17) is 0 Å². The van der Waals surface area contributed by atoms with Crippen molar-refractivity contribution in [2.24, 2.45) is 0 Å². The molecule has 2 amide bonds. The number of unbranched alkanes of at least 4 members (excludes halogenated alkanes) is 4. The van der Waals surface area contributed by atoms with E-state index in [1.54, 1.807) is 20.8 Å². The number of benzene rings is 1. The fourth-order valence-electron chi connectivity index (χ4n) is 2.19. The van der Waals surface area contributed by atoms with Crippen LogP contribution in [0.1, 0.15) is 70.2 Å². The lowest BCUT2D eigenvalue weighted by atomic mass is 10.1. The van der Waals surface area contributed by atoms with Gasteiger partial charge in [0.2, 0.25) is 0 Å². The lowest BCUT2D eigenvalue weighted by molar-refractivity contribution is -0.121. The molecule has 1 aromatic carbocycles. The van der Waals surface area contributed by atoms with Crippen LogP contribution >= 0.6 is 0 Å². The predicted molar refractivity (Wildman–Crippen MR) is 97.0 cm³/mol. The van der Waals surface area contributed by atoms with Crippen molar-refractivity contribution in [2.45, 2.75) is 65.3 Å². The summed E-state index contributed by atoms with van der Waals surface area (Å²) in [5.41, 5.74) is 2.02. The Kier molecular flexibility index (Phi) is 8.13. The third kappa shape index (κ3) is 7.38. The van der Waals surface area contributed by atoms with Gasteiger partial charge in [-0.1, -0.05) is 38.2 Å². The highest BCUT2D eigenvalue weighted by Gasteiger charge is 2.29. The summed E-state index contributed by atoms with van der Waals surface area (Å²) in [6, 6.07) is 5.38. The van der Waals surface area contributed by atoms with Gasteiger partial charge in [0.1, 0.15) is 5.82 Å². The van der Waals surface area contributed by atoms with Gasteiger partial charge >= 0.3 is 5.91 Å². The van der Waals surface area contributed by atoms with Crippen molar-refractivity contribution >= 4 is 11.8 Å². The first-order valence-electron chi connectivity index (χ1n) is 8.65. The van der Waals surface area contributed by atoms with Gasteiger partial charge in [-0.25, -0.2) is 9.40 Å². The van der Waals surface area contributed by atoms with E-state index in [2.05, 4.69) is 24.2 Å². The van der Waals surface area contributed by atoms with Gasteiger partial charge in [-0.05, 0) is 51.3 Å². The van der Waals surface area contributed by atoms with E-state index < -0.39 is 23.2 Å². The van der Waals surface area contributed by atoms with Crippen LogP contribution in [0, 0.1) is 17.7 Å². The van der Waals surface area contributed by atoms with Crippen molar-refractivity contribution in [1.29, 1.82) is 0 Å². The first-order valence-corrected chi connectivity index (χ1v) is 8.65. The molecule has 0 aliphatic carbocycles. The fourth-order valence-corrected chi connectivity index (χ4v) is 2.19. The highest BCUT2D eigenvalue weighted by Crippen LogP contribution is 2.15. The molecule has 0 radical (unpaired) electrons. The molecule has 136 valence electrons. The number of nitrogens with one attached hydrogen (secondary N) is 1. The first-order chi connectivity index (χ1) is 11.8. The molecule has 0 bridgehead atoms. The Labute approximate surface area is 149 Å². The van der Waals surface area contributed by atoms with Gasteiger partial charge in [-0.15, -0.1) is 0 Å². The van der Waals surface area contributed by atoms with E-state index in [-0.39, 0.29) is 5.56 Å². The minimum absolute atomic E-state index is 0.169. The average molecular weight is 346 g/mol. The maximum Gasteiger partial charge on any atom is 0.314 e. The van der Waals surface area contributed by atoms with Crippen LogP contribution in [0.5, 0.6) is 0 Å². The zero-order valence-corrected chi connectivity index (χ0v) is 15.5. The third-order valence-corrected chi connectivity index (χ3v) is 3.52. The monoisotopic (exact) mass is 346 g/mol. The van der Waals surface area contributed by atoms with E-state index in [9.17, 15) is 14.0 Å². The number of rotatable bonds is 5. The second kappa shape index (κ2) is 9.83. The van der Waals surface area contributed by atoms with Gasteiger partial charge in [0.15, 0.2) is 0 Å². The molecule has 25 heavy (non-hydrogen) atoms. The number of carbonyl (C=O) groups is 2. The SMILES string of the molecule is CCCCCCC#CC(=O)NN(C(=O)c1cccc(F)c1)C(C)(C)C. The van der Waals surface area contributed by atoms with E-state index in [0.717, 1.165) is 31.7 Å². The standard InChI is InChI=1S/C20H27FN2O2/c1-5-6-7-8-9-10-14-18(24)22-23(20(2,3)4)19(25)16-12-11-13-17(21)15-16/h11-13,15H,5-9H2,1-4H3,(H,22,24). The predicted octanol–water partition coefficient (Wildman–Crippen LogP) is 4.07. The largest absolute Gasteiger partial charge is 0.314 e. The molecule has 0 aliphatic rings. The van der Waals surface area contributed by atoms with Gasteiger partial charge in [-0.2, -0.15) is 0 Å². The van der Waals surface area contributed by atoms with Gasteiger partial charge in [0, 0.05) is 12.0 Å². The molecule has 0 heterocycles. The lowest BCUT2D eigenvalue weighted by Gasteiger charge is -2.34. The highest BCUT2D eigenvalue weighted by atomic mass is 19.1. The lowest BCUT2D eigenvalue weighted by Crippen LogP contribution is -2.55. The van der Waals surface area contributed by atoms with E-state index in [0.29, 0.717) is 6.42 Å². The Hall–Kier alpha value is -2.35. The van der Waals surface area contributed by atoms with E-state index in [1.807, 2.05) is 0 Å². The molecule has 0 saturated carbocycles. The average Bonchev–Trinajstić information content (AvgIpc) is 2.54. The van der Waals surface area contributed by atoms with Crippen LogP contribution in [0.4, 0.5) is 4.39 Å². The van der Waals surface area contributed by atoms with Crippen LogP contribution in [-0.4, -0.2) is 22.4 Å². The minimum Gasteiger partial charge on any atom is -0.267 e. The fraction of sp³-hybridized carbons (Fsp3) is 0.500. The van der Waals surface area contributed by atoms with Crippen LogP contribution < -0.4 is 5.43 Å². The van der Waals surface area contributed by atoms with Gasteiger partial charge in [0.25, 0.3) is 5.91 Å². The molecule has 0 aromatic heterocycles. The number of amides is 2. The Morgan fingerprint density at radius 3 is 2.52 bits per heavy atom. The first kappa shape index (κ1) is 20.7. The summed E-state index contributed by atoms with van der Waals surface area (Å²) >= 11 is 0. The number of carbonyl (C=O) groups excluding carboxylic acids is 2. The Morgan fingerprint density at radius 2 is 1.92 bits per heavy atom. The normalized spacial score (nSPS) is 10.6. The molecule has 4 nitrogen and oxygen atoms in total. The summed E-state index contributed by atoms with van der Waals surface area (Å²) in [4.78, 5) is 24.7. The van der Waals surface area contributed by atoms with Crippen LogP contribution in [-0.2, 0) is 4.79 Å². The van der Waals surface area contributed by atoms with E-state index >= 15 is 0 Å². The number of hydrogen-bond donors (Lipinski definition) is 1. The van der Waals surface area contributed by atoms with Crippen LogP contribution in [0.2, 0.25) is 0 Å². The molecule has 0 unspecified atom stereocenters. The molecule has 0 fully saturated rings. The van der Waals surface area contributed by atoms with Gasteiger partial charge < -0.3 is 0 Å². The highest BCUT2D eigenvalue weighted by molar-refractivity contribution is 5.99. The van der Waals surface area contributed by atoms with Gasteiger partial charge in [-0.3, -0.25) is 15.0 Å².